The van der Waals surface area contributed by atoms with Gasteiger partial charge >= 0.3 is 5.97 Å². The molecule has 0 spiro atoms. The zero-order chi connectivity index (χ0) is 21.1. The SMILES string of the molecule is COc1cc([C@H]2Oc3cc(/C=C/C(=O)O)cc(OC)c3O[C@@H]2CO)cc(O)c1O. The smallest absolute Gasteiger partial charge is 0.328 e. The monoisotopic (exact) mass is 404 g/mol. The van der Waals surface area contributed by atoms with Crippen LogP contribution in [0.1, 0.15) is 17.2 Å². The Bertz CT molecular complexity index is 951. The Hall–Kier alpha value is -3.59. The Labute approximate surface area is 166 Å². The zero-order valence-electron chi connectivity index (χ0n) is 15.7. The average molecular weight is 404 g/mol. The van der Waals surface area contributed by atoms with Crippen molar-refractivity contribution in [3.8, 4) is 34.5 Å². The van der Waals surface area contributed by atoms with E-state index < -0.39 is 36.3 Å². The fourth-order valence-electron chi connectivity index (χ4n) is 2.99. The first-order valence-corrected chi connectivity index (χ1v) is 8.55. The number of rotatable bonds is 6. The Morgan fingerprint density at radius 3 is 2.45 bits per heavy atom. The van der Waals surface area contributed by atoms with Gasteiger partial charge in [-0.15, -0.1) is 0 Å². The highest BCUT2D eigenvalue weighted by Crippen LogP contribution is 2.48. The van der Waals surface area contributed by atoms with Gasteiger partial charge in [0.15, 0.2) is 35.2 Å². The summed E-state index contributed by atoms with van der Waals surface area (Å²) in [7, 11) is 2.76. The molecule has 3 rings (SSSR count). The highest BCUT2D eigenvalue weighted by Gasteiger charge is 2.35. The molecule has 0 saturated heterocycles. The molecule has 2 atom stereocenters. The average Bonchev–Trinajstić information content (AvgIpc) is 2.72. The van der Waals surface area contributed by atoms with Gasteiger partial charge in [-0.2, -0.15) is 0 Å². The molecule has 29 heavy (non-hydrogen) atoms. The van der Waals surface area contributed by atoms with Crippen molar-refractivity contribution in [3.63, 3.8) is 0 Å². The van der Waals surface area contributed by atoms with Crippen molar-refractivity contribution in [2.75, 3.05) is 20.8 Å². The number of methoxy groups -OCH3 is 2. The highest BCUT2D eigenvalue weighted by atomic mass is 16.6. The maximum atomic E-state index is 10.8. The minimum Gasteiger partial charge on any atom is -0.504 e. The number of aliphatic hydroxyl groups is 1. The van der Waals surface area contributed by atoms with E-state index in [0.717, 1.165) is 6.08 Å². The summed E-state index contributed by atoms with van der Waals surface area (Å²) in [6.07, 6.45) is 0.653. The Morgan fingerprint density at radius 2 is 1.83 bits per heavy atom. The number of carbonyl (C=O) groups is 1. The van der Waals surface area contributed by atoms with Crippen molar-refractivity contribution < 1.29 is 44.2 Å². The molecule has 1 aliphatic rings. The fourth-order valence-corrected chi connectivity index (χ4v) is 2.99. The molecule has 4 N–H and O–H groups in total. The Kier molecular flexibility index (Phi) is 5.69. The minimum absolute atomic E-state index is 0.0295. The summed E-state index contributed by atoms with van der Waals surface area (Å²) in [5, 5.41) is 38.4. The van der Waals surface area contributed by atoms with Gasteiger partial charge in [0.1, 0.15) is 0 Å². The molecule has 0 fully saturated rings. The molecular formula is C20H20O9. The number of aromatic hydroxyl groups is 2. The molecule has 0 unspecified atom stereocenters. The van der Waals surface area contributed by atoms with E-state index in [9.17, 15) is 20.1 Å². The van der Waals surface area contributed by atoms with Crippen molar-refractivity contribution in [1.82, 2.24) is 0 Å². The number of hydrogen-bond acceptors (Lipinski definition) is 8. The van der Waals surface area contributed by atoms with Crippen LogP contribution in [0.3, 0.4) is 0 Å². The first-order valence-electron chi connectivity index (χ1n) is 8.55. The van der Waals surface area contributed by atoms with Gasteiger partial charge in [0.25, 0.3) is 0 Å². The molecule has 0 amide bonds. The van der Waals surface area contributed by atoms with E-state index in [2.05, 4.69) is 0 Å². The van der Waals surface area contributed by atoms with Gasteiger partial charge in [0.2, 0.25) is 11.5 Å². The second kappa shape index (κ2) is 8.19. The number of carboxylic acid groups (broad SMARTS) is 1. The molecule has 0 saturated carbocycles. The van der Waals surface area contributed by atoms with Crippen molar-refractivity contribution in [1.29, 1.82) is 0 Å². The number of aliphatic carboxylic acids is 1. The van der Waals surface area contributed by atoms with Gasteiger partial charge in [-0.3, -0.25) is 0 Å². The molecule has 0 aromatic heterocycles. The number of phenols is 2. The summed E-state index contributed by atoms with van der Waals surface area (Å²) in [6, 6.07) is 5.88. The van der Waals surface area contributed by atoms with Crippen LogP contribution in [0, 0.1) is 0 Å². The molecule has 0 bridgehead atoms. The van der Waals surface area contributed by atoms with E-state index in [0.29, 0.717) is 16.9 Å². The van der Waals surface area contributed by atoms with Crippen LogP contribution in [-0.2, 0) is 4.79 Å². The van der Waals surface area contributed by atoms with Crippen LogP contribution < -0.4 is 18.9 Å². The number of aliphatic hydroxyl groups excluding tert-OH is 1. The number of carboxylic acids is 1. The number of fused-ring (bicyclic) bond motifs is 1. The van der Waals surface area contributed by atoms with Gasteiger partial charge in [0, 0.05) is 11.6 Å². The highest BCUT2D eigenvalue weighted by molar-refractivity contribution is 5.85. The minimum atomic E-state index is -1.11. The van der Waals surface area contributed by atoms with E-state index in [1.54, 1.807) is 12.1 Å². The molecule has 2 aromatic carbocycles. The van der Waals surface area contributed by atoms with Crippen molar-refractivity contribution in [2.45, 2.75) is 12.2 Å². The van der Waals surface area contributed by atoms with Crippen molar-refractivity contribution in [2.24, 2.45) is 0 Å². The number of benzene rings is 2. The molecule has 9 nitrogen and oxygen atoms in total. The van der Waals surface area contributed by atoms with Gasteiger partial charge in [0.05, 0.1) is 20.8 Å². The molecule has 0 radical (unpaired) electrons. The molecule has 1 aliphatic heterocycles. The standard InChI is InChI=1S/C20H20O9/c1-26-13-8-11(7-12(22)18(13)25)19-16(9-21)29-20-14(27-2)5-10(3-4-17(23)24)6-15(20)28-19/h3-8,16,19,21-22,25H,9H2,1-2H3,(H,23,24)/b4-3+/t16-,19-/m1/s1. The maximum absolute atomic E-state index is 10.8. The lowest BCUT2D eigenvalue weighted by Gasteiger charge is -2.34. The second-order valence-electron chi connectivity index (χ2n) is 6.19. The third-order valence-corrected chi connectivity index (χ3v) is 4.35. The number of ether oxygens (including phenoxy) is 4. The normalized spacial score (nSPS) is 17.9. The van der Waals surface area contributed by atoms with Crippen molar-refractivity contribution in [3.05, 3.63) is 41.5 Å². The van der Waals surface area contributed by atoms with Crippen LogP contribution in [0.15, 0.2) is 30.3 Å². The summed E-state index contributed by atoms with van der Waals surface area (Å²) in [5.74, 6) is -1.10. The van der Waals surface area contributed by atoms with Crippen molar-refractivity contribution >= 4 is 12.0 Å². The first-order chi connectivity index (χ1) is 13.9. The zero-order valence-corrected chi connectivity index (χ0v) is 15.7. The van der Waals surface area contributed by atoms with Crippen LogP contribution in [0.25, 0.3) is 6.08 Å². The summed E-state index contributed by atoms with van der Waals surface area (Å²) in [4.78, 5) is 10.8. The van der Waals surface area contributed by atoms with E-state index in [4.69, 9.17) is 24.1 Å². The molecular weight excluding hydrogens is 384 g/mol. The molecule has 0 aliphatic carbocycles. The number of phenolic OH excluding ortho intramolecular Hbond substituents is 2. The summed E-state index contributed by atoms with van der Waals surface area (Å²) in [5.41, 5.74) is 0.895. The van der Waals surface area contributed by atoms with Crippen LogP contribution in [0.5, 0.6) is 34.5 Å². The molecule has 9 heteroatoms. The lowest BCUT2D eigenvalue weighted by molar-refractivity contribution is -0.131. The van der Waals surface area contributed by atoms with E-state index >= 15 is 0 Å². The largest absolute Gasteiger partial charge is 0.504 e. The second-order valence-corrected chi connectivity index (χ2v) is 6.19. The van der Waals surface area contributed by atoms with Crippen LogP contribution >= 0.6 is 0 Å². The Balaban J connectivity index is 2.06. The summed E-state index contributed by atoms with van der Waals surface area (Å²) < 4.78 is 22.2. The molecule has 1 heterocycles. The van der Waals surface area contributed by atoms with Crippen LogP contribution in [0.4, 0.5) is 0 Å². The van der Waals surface area contributed by atoms with Gasteiger partial charge in [-0.25, -0.2) is 4.79 Å². The lowest BCUT2D eigenvalue weighted by Crippen LogP contribution is -2.36. The molecule has 2 aromatic rings. The van der Waals surface area contributed by atoms with Crippen LogP contribution in [0.2, 0.25) is 0 Å². The first kappa shape index (κ1) is 20.2. The van der Waals surface area contributed by atoms with Gasteiger partial charge < -0.3 is 39.4 Å². The number of hydrogen-bond donors (Lipinski definition) is 4. The fraction of sp³-hybridized carbons (Fsp3) is 0.250. The van der Waals surface area contributed by atoms with Gasteiger partial charge in [-0.05, 0) is 35.9 Å². The summed E-state index contributed by atoms with van der Waals surface area (Å²) >= 11 is 0. The third kappa shape index (κ3) is 3.99. The quantitative estimate of drug-likeness (QED) is 0.421. The van der Waals surface area contributed by atoms with E-state index in [-0.39, 0.29) is 17.2 Å². The predicted octanol–water partition coefficient (Wildman–Crippen LogP) is 2.09. The van der Waals surface area contributed by atoms with Gasteiger partial charge in [-0.1, -0.05) is 0 Å². The topological polar surface area (TPSA) is 135 Å². The van der Waals surface area contributed by atoms with E-state index in [1.807, 2.05) is 0 Å². The molecule has 154 valence electrons. The summed E-state index contributed by atoms with van der Waals surface area (Å²) in [6.45, 7) is -0.405. The van der Waals surface area contributed by atoms with Crippen LogP contribution in [-0.4, -0.2) is 53.3 Å². The maximum Gasteiger partial charge on any atom is 0.328 e. The van der Waals surface area contributed by atoms with E-state index in [1.165, 1.54) is 32.4 Å². The third-order valence-electron chi connectivity index (χ3n) is 4.35. The Morgan fingerprint density at radius 1 is 1.10 bits per heavy atom. The lowest BCUT2D eigenvalue weighted by atomic mass is 10.0. The predicted molar refractivity (Wildman–Crippen MR) is 101 cm³/mol.